The van der Waals surface area contributed by atoms with Gasteiger partial charge in [-0.25, -0.2) is 9.79 Å². The van der Waals surface area contributed by atoms with Crippen molar-refractivity contribution in [1.29, 1.82) is 0 Å². The molecule has 0 aliphatic rings. The Morgan fingerprint density at radius 2 is 1.63 bits per heavy atom. The Morgan fingerprint density at radius 1 is 0.947 bits per heavy atom. The normalized spacial score (nSPS) is 11.6. The van der Waals surface area contributed by atoms with Crippen molar-refractivity contribution in [3.63, 3.8) is 0 Å². The molecule has 38 heavy (non-hydrogen) atoms. The highest BCUT2D eigenvalue weighted by Gasteiger charge is 2.20. The van der Waals surface area contributed by atoms with Crippen LogP contribution in [0, 0.1) is 0 Å². The molecular weight excluding hydrogens is 480 g/mol. The first-order chi connectivity index (χ1) is 18.4. The van der Waals surface area contributed by atoms with Gasteiger partial charge in [0, 0.05) is 35.1 Å². The number of aromatic amines is 1. The quantitative estimate of drug-likeness (QED) is 0.207. The van der Waals surface area contributed by atoms with E-state index < -0.39 is 5.97 Å². The van der Waals surface area contributed by atoms with Crippen molar-refractivity contribution in [3.8, 4) is 5.88 Å². The summed E-state index contributed by atoms with van der Waals surface area (Å²) in [6, 6.07) is 21.6. The molecule has 8 heteroatoms. The summed E-state index contributed by atoms with van der Waals surface area (Å²) in [5, 5.41) is 14.6. The van der Waals surface area contributed by atoms with E-state index in [2.05, 4.69) is 29.0 Å². The third-order valence-electron chi connectivity index (χ3n) is 6.46. The van der Waals surface area contributed by atoms with Gasteiger partial charge in [-0.1, -0.05) is 50.2 Å². The van der Waals surface area contributed by atoms with Gasteiger partial charge in [0.05, 0.1) is 29.6 Å². The fourth-order valence-electron chi connectivity index (χ4n) is 4.31. The second-order valence-corrected chi connectivity index (χ2v) is 8.76. The van der Waals surface area contributed by atoms with Crippen LogP contribution in [0.3, 0.4) is 0 Å². The number of likely N-dealkylation sites (N-methyl/N-ethyl adjacent to an activating group) is 1. The number of hydrogen-bond acceptors (Lipinski definition) is 6. The number of nitrogens with zero attached hydrogens (tertiary/aromatic N) is 2. The van der Waals surface area contributed by atoms with E-state index >= 15 is 0 Å². The molecule has 4 rings (SSSR count). The Labute approximate surface area is 222 Å². The summed E-state index contributed by atoms with van der Waals surface area (Å²) in [6.45, 7) is 7.48. The Hall–Kier alpha value is -4.43. The van der Waals surface area contributed by atoms with Gasteiger partial charge in [-0.15, -0.1) is 0 Å². The van der Waals surface area contributed by atoms with Gasteiger partial charge in [-0.3, -0.25) is 4.79 Å². The minimum absolute atomic E-state index is 0.0613. The van der Waals surface area contributed by atoms with Crippen molar-refractivity contribution in [2.75, 3.05) is 33.3 Å². The van der Waals surface area contributed by atoms with Crippen LogP contribution in [0.2, 0.25) is 0 Å². The molecule has 8 nitrogen and oxygen atoms in total. The van der Waals surface area contributed by atoms with Gasteiger partial charge in [0.1, 0.15) is 0 Å². The van der Waals surface area contributed by atoms with E-state index in [9.17, 15) is 14.7 Å². The number of fused-ring (bicyclic) bond motifs is 1. The fraction of sp³-hybridized carbons (Fsp3) is 0.233. The molecule has 0 saturated heterocycles. The number of nitrogens with one attached hydrogen (secondary N) is 2. The number of aliphatic imine (C=N–C) groups is 1. The van der Waals surface area contributed by atoms with Crippen LogP contribution in [0.1, 0.15) is 45.7 Å². The highest BCUT2D eigenvalue weighted by atomic mass is 16.5. The Bertz CT molecular complexity index is 1440. The fourth-order valence-corrected chi connectivity index (χ4v) is 4.31. The zero-order chi connectivity index (χ0) is 27.1. The minimum Gasteiger partial charge on any atom is -0.494 e. The van der Waals surface area contributed by atoms with Gasteiger partial charge in [0.2, 0.25) is 0 Å². The summed E-state index contributed by atoms with van der Waals surface area (Å²) in [6.07, 6.45) is 0. The van der Waals surface area contributed by atoms with E-state index in [0.717, 1.165) is 25.2 Å². The first-order valence-electron chi connectivity index (χ1n) is 12.6. The first kappa shape index (κ1) is 26.6. The number of carbonyl (C=O) groups is 2. The summed E-state index contributed by atoms with van der Waals surface area (Å²) < 4.78 is 4.82. The lowest BCUT2D eigenvalue weighted by molar-refractivity contribution is 0.0600. The second kappa shape index (κ2) is 12.2. The van der Waals surface area contributed by atoms with Gasteiger partial charge in [-0.05, 0) is 49.5 Å². The predicted octanol–water partition coefficient (Wildman–Crippen LogP) is 4.90. The van der Waals surface area contributed by atoms with Gasteiger partial charge >= 0.3 is 5.97 Å². The maximum atomic E-state index is 12.6. The number of aromatic hydroxyl groups is 1. The monoisotopic (exact) mass is 512 g/mol. The summed E-state index contributed by atoms with van der Waals surface area (Å²) >= 11 is 0. The number of hydrogen-bond donors (Lipinski definition) is 3. The zero-order valence-corrected chi connectivity index (χ0v) is 21.8. The lowest BCUT2D eigenvalue weighted by Crippen LogP contribution is -2.34. The number of rotatable bonds is 10. The summed E-state index contributed by atoms with van der Waals surface area (Å²) in [7, 11) is 1.32. The standard InChI is InChI=1S/C30H32N4O4/c1-4-34(5-2)18-17-31-28(35)21-11-14-23(15-12-21)32-27(20-9-7-6-8-10-20)26-24-16-13-22(30(37)38-3)19-25(24)33-29(26)36/h6-16,19,33,36H,4-5,17-18H2,1-3H3,(H,31,35). The molecule has 4 aromatic rings. The van der Waals surface area contributed by atoms with E-state index in [1.807, 2.05) is 30.3 Å². The zero-order valence-electron chi connectivity index (χ0n) is 21.8. The summed E-state index contributed by atoms with van der Waals surface area (Å²) in [4.78, 5) is 34.7. The predicted molar refractivity (Wildman–Crippen MR) is 150 cm³/mol. The number of esters is 1. The number of H-pyrrole nitrogens is 1. The number of amides is 1. The van der Waals surface area contributed by atoms with Crippen LogP contribution in [-0.2, 0) is 4.74 Å². The van der Waals surface area contributed by atoms with Crippen molar-refractivity contribution in [2.24, 2.45) is 4.99 Å². The van der Waals surface area contributed by atoms with Crippen LogP contribution in [-0.4, -0.2) is 65.9 Å². The highest BCUT2D eigenvalue weighted by molar-refractivity contribution is 6.22. The SMILES string of the molecule is CCN(CC)CCNC(=O)c1ccc(N=C(c2ccccc2)c2c(O)[nH]c3cc(C(=O)OC)ccc23)cc1. The molecular formula is C30H32N4O4. The molecule has 0 atom stereocenters. The molecule has 0 bridgehead atoms. The molecule has 1 amide bonds. The van der Waals surface area contributed by atoms with Crippen LogP contribution in [0.15, 0.2) is 77.8 Å². The van der Waals surface area contributed by atoms with Crippen molar-refractivity contribution in [1.82, 2.24) is 15.2 Å². The largest absolute Gasteiger partial charge is 0.494 e. The number of aromatic nitrogens is 1. The molecule has 1 aromatic heterocycles. The third-order valence-corrected chi connectivity index (χ3v) is 6.46. The maximum Gasteiger partial charge on any atom is 0.337 e. The number of methoxy groups -OCH3 is 1. The van der Waals surface area contributed by atoms with E-state index in [4.69, 9.17) is 9.73 Å². The van der Waals surface area contributed by atoms with E-state index in [1.54, 1.807) is 42.5 Å². The van der Waals surface area contributed by atoms with Crippen LogP contribution < -0.4 is 5.32 Å². The van der Waals surface area contributed by atoms with Crippen molar-refractivity contribution >= 4 is 34.2 Å². The average molecular weight is 513 g/mol. The molecule has 0 fully saturated rings. The van der Waals surface area contributed by atoms with Gasteiger partial charge in [0.25, 0.3) is 5.91 Å². The summed E-state index contributed by atoms with van der Waals surface area (Å²) in [5.41, 5.74) is 4.01. The van der Waals surface area contributed by atoms with Crippen LogP contribution in [0.5, 0.6) is 5.88 Å². The lowest BCUT2D eigenvalue weighted by Gasteiger charge is -2.17. The Morgan fingerprint density at radius 3 is 2.29 bits per heavy atom. The average Bonchev–Trinajstić information content (AvgIpc) is 3.28. The van der Waals surface area contributed by atoms with Crippen LogP contribution in [0.4, 0.5) is 5.69 Å². The molecule has 0 aliphatic carbocycles. The molecule has 0 aliphatic heterocycles. The smallest absolute Gasteiger partial charge is 0.337 e. The molecule has 1 heterocycles. The second-order valence-electron chi connectivity index (χ2n) is 8.76. The van der Waals surface area contributed by atoms with Crippen LogP contribution >= 0.6 is 0 Å². The molecule has 0 saturated carbocycles. The van der Waals surface area contributed by atoms with Gasteiger partial charge in [0.15, 0.2) is 5.88 Å². The van der Waals surface area contributed by atoms with Crippen LogP contribution in [0.25, 0.3) is 10.9 Å². The van der Waals surface area contributed by atoms with Gasteiger partial charge < -0.3 is 25.0 Å². The molecule has 3 N–H and O–H groups in total. The van der Waals surface area contributed by atoms with Crippen molar-refractivity contribution in [2.45, 2.75) is 13.8 Å². The third kappa shape index (κ3) is 5.92. The number of carbonyl (C=O) groups excluding carboxylic acids is 2. The van der Waals surface area contributed by atoms with E-state index in [1.165, 1.54) is 7.11 Å². The molecule has 0 spiro atoms. The topological polar surface area (TPSA) is 107 Å². The van der Waals surface area contributed by atoms with E-state index in [0.29, 0.717) is 45.5 Å². The molecule has 3 aromatic carbocycles. The maximum absolute atomic E-state index is 12.6. The summed E-state index contributed by atoms with van der Waals surface area (Å²) in [5.74, 6) is -0.655. The molecule has 0 unspecified atom stereocenters. The van der Waals surface area contributed by atoms with E-state index in [-0.39, 0.29) is 11.8 Å². The van der Waals surface area contributed by atoms with Crippen molar-refractivity contribution < 1.29 is 19.4 Å². The highest BCUT2D eigenvalue weighted by Crippen LogP contribution is 2.32. The number of ether oxygens (including phenoxy) is 1. The number of benzene rings is 3. The van der Waals surface area contributed by atoms with Crippen molar-refractivity contribution in [3.05, 3.63) is 95.1 Å². The Balaban J connectivity index is 1.66. The molecule has 0 radical (unpaired) electrons. The first-order valence-corrected chi connectivity index (χ1v) is 12.6. The lowest BCUT2D eigenvalue weighted by atomic mass is 10.00. The molecule has 196 valence electrons. The Kier molecular flexibility index (Phi) is 8.55. The minimum atomic E-state index is -0.461. The van der Waals surface area contributed by atoms with Gasteiger partial charge in [-0.2, -0.15) is 0 Å².